The highest BCUT2D eigenvalue weighted by atomic mass is 32.2. The molecule has 0 bridgehead atoms. The third-order valence-electron chi connectivity index (χ3n) is 6.65. The van der Waals surface area contributed by atoms with Crippen molar-refractivity contribution in [2.24, 2.45) is 0 Å². The van der Waals surface area contributed by atoms with Gasteiger partial charge in [0.15, 0.2) is 18.2 Å². The Bertz CT molecular complexity index is 1000. The number of benzene rings is 1. The Kier molecular flexibility index (Phi) is 8.96. The fourth-order valence-electron chi connectivity index (χ4n) is 4.80. The summed E-state index contributed by atoms with van der Waals surface area (Å²) in [4.78, 5) is 0.232. The molecule has 0 unspecified atom stereocenters. The summed E-state index contributed by atoms with van der Waals surface area (Å²) in [7, 11) is -2.59. The summed E-state index contributed by atoms with van der Waals surface area (Å²) in [6.07, 6.45) is -1.95. The smallest absolute Gasteiger partial charge is 0.297 e. The van der Waals surface area contributed by atoms with E-state index in [4.69, 9.17) is 27.9 Å². The topological polar surface area (TPSA) is 89.5 Å². The van der Waals surface area contributed by atoms with Gasteiger partial charge in [0.25, 0.3) is 10.1 Å². The largest absolute Gasteiger partial charge is 0.493 e. The van der Waals surface area contributed by atoms with Gasteiger partial charge < -0.3 is 23.7 Å². The molecule has 3 rings (SSSR count). The second-order valence-corrected chi connectivity index (χ2v) is 12.4. The van der Waals surface area contributed by atoms with Crippen LogP contribution in [0.15, 0.2) is 29.9 Å². The molecule has 0 saturated carbocycles. The van der Waals surface area contributed by atoms with Crippen molar-refractivity contribution in [2.75, 3.05) is 13.7 Å². The molecule has 0 N–H and O–H groups in total. The van der Waals surface area contributed by atoms with Crippen LogP contribution >= 0.6 is 0 Å². The minimum atomic E-state index is -4.13. The molecule has 8 nitrogen and oxygen atoms in total. The lowest BCUT2D eigenvalue weighted by Gasteiger charge is -2.29. The van der Waals surface area contributed by atoms with Gasteiger partial charge in [-0.15, -0.1) is 0 Å². The maximum Gasteiger partial charge on any atom is 0.297 e. The maximum atomic E-state index is 13.7. The lowest BCUT2D eigenvalue weighted by Crippen LogP contribution is -2.45. The first-order valence-electron chi connectivity index (χ1n) is 12.6. The molecule has 0 amide bonds. The first kappa shape index (κ1) is 29.1. The molecule has 1 aromatic carbocycles. The van der Waals surface area contributed by atoms with E-state index in [9.17, 15) is 8.42 Å². The van der Waals surface area contributed by atoms with Crippen molar-refractivity contribution in [1.29, 1.82) is 0 Å². The number of hydrogen-bond donors (Lipinski definition) is 0. The monoisotopic (exact) mass is 526 g/mol. The quantitative estimate of drug-likeness (QED) is 0.288. The molecule has 0 aliphatic carbocycles. The summed E-state index contributed by atoms with van der Waals surface area (Å²) < 4.78 is 62.2. The van der Waals surface area contributed by atoms with Crippen molar-refractivity contribution < 1.29 is 36.3 Å². The van der Waals surface area contributed by atoms with Crippen molar-refractivity contribution >= 4 is 10.1 Å². The van der Waals surface area contributed by atoms with E-state index in [0.29, 0.717) is 0 Å². The van der Waals surface area contributed by atoms with E-state index in [1.54, 1.807) is 21.0 Å². The van der Waals surface area contributed by atoms with E-state index in [1.807, 2.05) is 39.8 Å². The number of rotatable bonds is 11. The van der Waals surface area contributed by atoms with Crippen molar-refractivity contribution in [3.8, 4) is 0 Å². The van der Waals surface area contributed by atoms with Crippen molar-refractivity contribution in [3.63, 3.8) is 0 Å². The molecule has 0 aromatic heterocycles. The first-order valence-corrected chi connectivity index (χ1v) is 14.0. The van der Waals surface area contributed by atoms with Crippen LogP contribution in [0.3, 0.4) is 0 Å². The van der Waals surface area contributed by atoms with E-state index in [1.165, 1.54) is 6.26 Å². The first-order chi connectivity index (χ1) is 16.7. The molecule has 5 atom stereocenters. The molecule has 2 saturated heterocycles. The zero-order valence-electron chi connectivity index (χ0n) is 22.9. The predicted octanol–water partition coefficient (Wildman–Crippen LogP) is 5.18. The zero-order chi connectivity index (χ0) is 27.0. The molecule has 2 fully saturated rings. The molecular formula is C27H42O8S. The van der Waals surface area contributed by atoms with Crippen molar-refractivity contribution in [2.45, 2.75) is 115 Å². The maximum absolute atomic E-state index is 13.7. The average molecular weight is 527 g/mol. The molecule has 2 aliphatic rings. The van der Waals surface area contributed by atoms with Gasteiger partial charge in [-0.2, -0.15) is 8.42 Å². The molecule has 204 valence electrons. The Hall–Kier alpha value is -1.49. The third kappa shape index (κ3) is 5.97. The Balaban J connectivity index is 1.91. The van der Waals surface area contributed by atoms with Gasteiger partial charge in [-0.1, -0.05) is 60.3 Å². The fourth-order valence-corrected chi connectivity index (χ4v) is 6.40. The average Bonchev–Trinajstić information content (AvgIpc) is 3.26. The number of methoxy groups -OCH3 is 1. The molecule has 2 heterocycles. The lowest BCUT2D eigenvalue weighted by atomic mass is 9.89. The highest BCUT2D eigenvalue weighted by Gasteiger charge is 2.57. The summed E-state index contributed by atoms with van der Waals surface area (Å²) in [6.45, 7) is 19.1. The van der Waals surface area contributed by atoms with Gasteiger partial charge in [-0.05, 0) is 48.3 Å². The van der Waals surface area contributed by atoms with Crippen LogP contribution < -0.4 is 0 Å². The number of hydrogen-bond acceptors (Lipinski definition) is 8. The lowest BCUT2D eigenvalue weighted by molar-refractivity contribution is -0.229. The van der Waals surface area contributed by atoms with E-state index in [-0.39, 0.29) is 29.3 Å². The van der Waals surface area contributed by atoms with Crippen LogP contribution in [0.2, 0.25) is 0 Å². The van der Waals surface area contributed by atoms with E-state index < -0.39 is 46.6 Å². The van der Waals surface area contributed by atoms with Gasteiger partial charge in [0.05, 0.1) is 6.26 Å². The highest BCUT2D eigenvalue weighted by molar-refractivity contribution is 7.86. The Morgan fingerprint density at radius 2 is 1.61 bits per heavy atom. The van der Waals surface area contributed by atoms with Gasteiger partial charge >= 0.3 is 0 Å². The van der Waals surface area contributed by atoms with Gasteiger partial charge in [0.2, 0.25) is 0 Å². The minimum Gasteiger partial charge on any atom is -0.493 e. The van der Waals surface area contributed by atoms with Crippen LogP contribution in [-0.2, 0) is 38.0 Å². The number of fused-ring (bicyclic) bond motifs is 1. The van der Waals surface area contributed by atoms with E-state index in [0.717, 1.165) is 16.7 Å². The molecule has 0 radical (unpaired) electrons. The summed E-state index contributed by atoms with van der Waals surface area (Å²) >= 11 is 0. The Morgan fingerprint density at radius 1 is 1.03 bits per heavy atom. The van der Waals surface area contributed by atoms with Gasteiger partial charge in [0, 0.05) is 7.11 Å². The van der Waals surface area contributed by atoms with Crippen molar-refractivity contribution in [1.82, 2.24) is 0 Å². The standard InChI is InChI=1S/C27H42O8S/c1-11-31-21(22-23(30-10)24-26(33-22)35-27(8,9)34-24)14-32-36(28,29)25-19(16(4)5)12-18(15(2)3)13-20(25)17(6)7/h11-13,15-17,21-24,26H,1,14H2,2-10H3/t21-,22-,23-,24-,26-/m1/s1. The van der Waals surface area contributed by atoms with Crippen LogP contribution in [0.5, 0.6) is 0 Å². The predicted molar refractivity (Wildman–Crippen MR) is 136 cm³/mol. The Labute approximate surface area is 216 Å². The normalized spacial score (nSPS) is 26.6. The summed E-state index contributed by atoms with van der Waals surface area (Å²) in [5.41, 5.74) is 2.60. The van der Waals surface area contributed by atoms with Gasteiger partial charge in [0.1, 0.15) is 29.8 Å². The summed E-state index contributed by atoms with van der Waals surface area (Å²) in [5.74, 6) is -0.568. The Morgan fingerprint density at radius 3 is 2.08 bits per heavy atom. The highest BCUT2D eigenvalue weighted by Crippen LogP contribution is 2.41. The molecule has 36 heavy (non-hydrogen) atoms. The van der Waals surface area contributed by atoms with E-state index >= 15 is 0 Å². The van der Waals surface area contributed by atoms with Gasteiger partial charge in [-0.25, -0.2) is 0 Å². The molecule has 2 aliphatic heterocycles. The molecule has 9 heteroatoms. The molecular weight excluding hydrogens is 484 g/mol. The van der Waals surface area contributed by atoms with Gasteiger partial charge in [-0.3, -0.25) is 4.18 Å². The third-order valence-corrected chi connectivity index (χ3v) is 8.07. The van der Waals surface area contributed by atoms with Crippen LogP contribution in [0, 0.1) is 0 Å². The molecule has 1 aromatic rings. The molecule has 0 spiro atoms. The van der Waals surface area contributed by atoms with Crippen LogP contribution in [-0.4, -0.2) is 58.6 Å². The fraction of sp³-hybridized carbons (Fsp3) is 0.704. The van der Waals surface area contributed by atoms with E-state index in [2.05, 4.69) is 20.4 Å². The summed E-state index contributed by atoms with van der Waals surface area (Å²) in [6, 6.07) is 3.96. The zero-order valence-corrected chi connectivity index (χ0v) is 23.8. The van der Waals surface area contributed by atoms with Crippen LogP contribution in [0.1, 0.15) is 89.8 Å². The summed E-state index contributed by atoms with van der Waals surface area (Å²) in [5, 5.41) is 0. The second-order valence-electron chi connectivity index (χ2n) is 10.8. The van der Waals surface area contributed by atoms with Crippen LogP contribution in [0.4, 0.5) is 0 Å². The second kappa shape index (κ2) is 11.1. The number of ether oxygens (including phenoxy) is 5. The minimum absolute atomic E-state index is 0.0112. The SMILES string of the molecule is C=CO[C@H](COS(=O)(=O)c1c(C(C)C)cc(C(C)C)cc1C(C)C)[C@H]1O[C@@H]2OC(C)(C)O[C@@H]2[C@@H]1OC. The van der Waals surface area contributed by atoms with Crippen molar-refractivity contribution in [3.05, 3.63) is 41.7 Å². The van der Waals surface area contributed by atoms with Crippen LogP contribution in [0.25, 0.3) is 0 Å².